The first kappa shape index (κ1) is 13.5. The summed E-state index contributed by atoms with van der Waals surface area (Å²) in [6.45, 7) is 0. The number of aromatic nitrogens is 1. The topological polar surface area (TPSA) is 76.4 Å². The zero-order valence-electron chi connectivity index (χ0n) is 10.8. The molecule has 1 aromatic heterocycles. The summed E-state index contributed by atoms with van der Waals surface area (Å²) in [5.41, 5.74) is 0.606. The Morgan fingerprint density at radius 1 is 0.952 bits per heavy atom. The van der Waals surface area contributed by atoms with E-state index in [-0.39, 0.29) is 16.3 Å². The zero-order chi connectivity index (χ0) is 15.0. The SMILES string of the molecule is O=C(c1ccccc1)n1ccc2cccc(S(=O)(=O)O)c21. The Bertz CT molecular complexity index is 927. The fraction of sp³-hybridized carbons (Fsp3) is 0. The Morgan fingerprint density at radius 2 is 1.67 bits per heavy atom. The summed E-state index contributed by atoms with van der Waals surface area (Å²) in [7, 11) is -4.41. The van der Waals surface area contributed by atoms with Gasteiger partial charge in [-0.05, 0) is 24.3 Å². The highest BCUT2D eigenvalue weighted by atomic mass is 32.2. The number of fused-ring (bicyclic) bond motifs is 1. The number of hydrogen-bond donors (Lipinski definition) is 1. The van der Waals surface area contributed by atoms with Crippen LogP contribution >= 0.6 is 0 Å². The van der Waals surface area contributed by atoms with E-state index in [9.17, 15) is 17.8 Å². The number of rotatable bonds is 2. The van der Waals surface area contributed by atoms with Crippen LogP contribution in [0.4, 0.5) is 0 Å². The molecule has 0 saturated heterocycles. The van der Waals surface area contributed by atoms with E-state index in [2.05, 4.69) is 0 Å². The predicted molar refractivity (Wildman–Crippen MR) is 77.9 cm³/mol. The molecule has 0 radical (unpaired) electrons. The van der Waals surface area contributed by atoms with Gasteiger partial charge < -0.3 is 0 Å². The summed E-state index contributed by atoms with van der Waals surface area (Å²) in [6.07, 6.45) is 1.49. The molecule has 1 N–H and O–H groups in total. The lowest BCUT2D eigenvalue weighted by atomic mass is 10.2. The van der Waals surface area contributed by atoms with E-state index in [1.165, 1.54) is 22.9 Å². The smallest absolute Gasteiger partial charge is 0.282 e. The summed E-state index contributed by atoms with van der Waals surface area (Å²) in [5, 5.41) is 0.564. The highest BCUT2D eigenvalue weighted by Gasteiger charge is 2.20. The minimum atomic E-state index is -4.41. The Hall–Kier alpha value is -2.44. The lowest BCUT2D eigenvalue weighted by molar-refractivity contribution is 0.0964. The first-order valence-corrected chi connectivity index (χ1v) is 7.60. The van der Waals surface area contributed by atoms with Crippen LogP contribution in [0.15, 0.2) is 65.7 Å². The van der Waals surface area contributed by atoms with Crippen LogP contribution in [0.5, 0.6) is 0 Å². The molecule has 0 bridgehead atoms. The van der Waals surface area contributed by atoms with Crippen LogP contribution in [0.2, 0.25) is 0 Å². The maximum Gasteiger partial charge on any atom is 0.296 e. The molecule has 3 aromatic rings. The van der Waals surface area contributed by atoms with Crippen LogP contribution in [0.1, 0.15) is 10.4 Å². The van der Waals surface area contributed by atoms with Crippen molar-refractivity contribution in [2.24, 2.45) is 0 Å². The molecule has 0 aliphatic heterocycles. The van der Waals surface area contributed by atoms with Crippen molar-refractivity contribution in [3.8, 4) is 0 Å². The second kappa shape index (κ2) is 4.83. The first-order chi connectivity index (χ1) is 9.98. The van der Waals surface area contributed by atoms with Crippen molar-refractivity contribution < 1.29 is 17.8 Å². The number of para-hydroxylation sites is 1. The fourth-order valence-electron chi connectivity index (χ4n) is 2.26. The minimum Gasteiger partial charge on any atom is -0.282 e. The monoisotopic (exact) mass is 301 g/mol. The normalized spacial score (nSPS) is 11.7. The summed E-state index contributed by atoms with van der Waals surface area (Å²) >= 11 is 0. The molecule has 5 nitrogen and oxygen atoms in total. The van der Waals surface area contributed by atoms with E-state index in [1.54, 1.807) is 42.5 Å². The number of nitrogens with zero attached hydrogens (tertiary/aromatic N) is 1. The number of hydrogen-bond acceptors (Lipinski definition) is 3. The van der Waals surface area contributed by atoms with Crippen molar-refractivity contribution in [2.45, 2.75) is 4.90 Å². The molecule has 0 amide bonds. The van der Waals surface area contributed by atoms with Crippen molar-refractivity contribution >= 4 is 26.9 Å². The van der Waals surface area contributed by atoms with Crippen LogP contribution in [0, 0.1) is 0 Å². The van der Waals surface area contributed by atoms with Crippen molar-refractivity contribution in [2.75, 3.05) is 0 Å². The summed E-state index contributed by atoms with van der Waals surface area (Å²) < 4.78 is 33.5. The van der Waals surface area contributed by atoms with Crippen LogP contribution in [-0.2, 0) is 10.1 Å². The van der Waals surface area contributed by atoms with E-state index in [4.69, 9.17) is 0 Å². The van der Waals surface area contributed by atoms with Gasteiger partial charge >= 0.3 is 0 Å². The molecule has 0 aliphatic rings. The van der Waals surface area contributed by atoms with Gasteiger partial charge in [0.05, 0.1) is 5.52 Å². The van der Waals surface area contributed by atoms with Crippen molar-refractivity contribution in [3.05, 3.63) is 66.4 Å². The molecule has 1 heterocycles. The predicted octanol–water partition coefficient (Wildman–Crippen LogP) is 2.58. The number of benzene rings is 2. The van der Waals surface area contributed by atoms with Crippen LogP contribution in [0.3, 0.4) is 0 Å². The van der Waals surface area contributed by atoms with E-state index >= 15 is 0 Å². The largest absolute Gasteiger partial charge is 0.296 e. The van der Waals surface area contributed by atoms with Gasteiger partial charge in [-0.1, -0.05) is 30.3 Å². The van der Waals surface area contributed by atoms with Crippen LogP contribution in [0.25, 0.3) is 10.9 Å². The molecule has 0 aliphatic carbocycles. The highest BCUT2D eigenvalue weighted by Crippen LogP contribution is 2.24. The molecule has 0 saturated carbocycles. The molecule has 0 atom stereocenters. The molecule has 6 heteroatoms. The maximum atomic E-state index is 12.5. The van der Waals surface area contributed by atoms with Crippen LogP contribution < -0.4 is 0 Å². The Labute approximate surface area is 121 Å². The lowest BCUT2D eigenvalue weighted by Crippen LogP contribution is -2.12. The quantitative estimate of drug-likeness (QED) is 0.738. The Morgan fingerprint density at radius 3 is 2.33 bits per heavy atom. The van der Waals surface area contributed by atoms with Gasteiger partial charge in [-0.15, -0.1) is 0 Å². The van der Waals surface area contributed by atoms with E-state index in [1.807, 2.05) is 0 Å². The minimum absolute atomic E-state index is 0.175. The molecular formula is C15H11NO4S. The maximum absolute atomic E-state index is 12.5. The van der Waals surface area contributed by atoms with Crippen molar-refractivity contribution in [3.63, 3.8) is 0 Å². The van der Waals surface area contributed by atoms with Gasteiger partial charge in [0, 0.05) is 17.1 Å². The standard InChI is InChI=1S/C15H11NO4S/c17-15(12-5-2-1-3-6-12)16-10-9-11-7-4-8-13(14(11)16)21(18,19)20/h1-10H,(H,18,19,20). The third-order valence-electron chi connectivity index (χ3n) is 3.19. The number of carbonyl (C=O) groups is 1. The molecule has 0 unspecified atom stereocenters. The van der Waals surface area contributed by atoms with E-state index in [0.29, 0.717) is 10.9 Å². The van der Waals surface area contributed by atoms with Gasteiger partial charge in [-0.25, -0.2) is 0 Å². The van der Waals surface area contributed by atoms with Crippen molar-refractivity contribution in [1.29, 1.82) is 0 Å². The third-order valence-corrected chi connectivity index (χ3v) is 4.08. The van der Waals surface area contributed by atoms with Gasteiger partial charge in [-0.2, -0.15) is 8.42 Å². The van der Waals surface area contributed by atoms with E-state index < -0.39 is 10.1 Å². The molecule has 106 valence electrons. The second-order valence-electron chi connectivity index (χ2n) is 4.53. The summed E-state index contributed by atoms with van der Waals surface area (Å²) in [4.78, 5) is 12.2. The average Bonchev–Trinajstić information content (AvgIpc) is 2.90. The summed E-state index contributed by atoms with van der Waals surface area (Å²) in [5.74, 6) is -0.360. The second-order valence-corrected chi connectivity index (χ2v) is 5.92. The first-order valence-electron chi connectivity index (χ1n) is 6.16. The third kappa shape index (κ3) is 2.35. The van der Waals surface area contributed by atoms with Crippen molar-refractivity contribution in [1.82, 2.24) is 4.57 Å². The van der Waals surface area contributed by atoms with E-state index in [0.717, 1.165) is 0 Å². The van der Waals surface area contributed by atoms with Gasteiger partial charge in [0.1, 0.15) is 4.90 Å². The molecule has 0 spiro atoms. The van der Waals surface area contributed by atoms with Gasteiger partial charge in [0.15, 0.2) is 0 Å². The Balaban J connectivity index is 2.28. The fourth-order valence-corrected chi connectivity index (χ4v) is 2.97. The van der Waals surface area contributed by atoms with Gasteiger partial charge in [-0.3, -0.25) is 13.9 Å². The van der Waals surface area contributed by atoms with Gasteiger partial charge in [0.25, 0.3) is 16.0 Å². The van der Waals surface area contributed by atoms with Crippen LogP contribution in [-0.4, -0.2) is 23.4 Å². The Kier molecular flexibility index (Phi) is 3.12. The average molecular weight is 301 g/mol. The summed E-state index contributed by atoms with van der Waals surface area (Å²) in [6, 6.07) is 14.6. The number of carbonyl (C=O) groups excluding carboxylic acids is 1. The van der Waals surface area contributed by atoms with Gasteiger partial charge in [0.2, 0.25) is 0 Å². The molecule has 21 heavy (non-hydrogen) atoms. The molecule has 0 fully saturated rings. The highest BCUT2D eigenvalue weighted by molar-refractivity contribution is 7.86. The zero-order valence-corrected chi connectivity index (χ0v) is 11.6. The molecule has 3 rings (SSSR count). The molecular weight excluding hydrogens is 290 g/mol. The lowest BCUT2D eigenvalue weighted by Gasteiger charge is -2.07. The molecule has 2 aromatic carbocycles.